The third-order valence-corrected chi connectivity index (χ3v) is 1.34. The monoisotopic (exact) mass is 237 g/mol. The molecule has 8 heteroatoms. The van der Waals surface area contributed by atoms with E-state index < -0.39 is 19.1 Å². The second kappa shape index (κ2) is 7.69. The first-order valence-electron chi connectivity index (χ1n) is 4.58. The zero-order chi connectivity index (χ0) is 12.6. The normalized spacial score (nSPS) is 9.62. The quantitative estimate of drug-likeness (QED) is 0.851. The zero-order valence-electron chi connectivity index (χ0n) is 9.16. The molecule has 0 saturated carbocycles. The minimum absolute atomic E-state index is 0.0651. The van der Waals surface area contributed by atoms with Crippen LogP contribution in [-0.4, -0.2) is 29.9 Å². The highest BCUT2D eigenvalue weighted by Gasteiger charge is 2.18. The molecule has 16 heavy (non-hydrogen) atoms. The first-order chi connectivity index (χ1) is 7.65. The number of alkyl halides is 2. The van der Waals surface area contributed by atoms with Gasteiger partial charge in [0.2, 0.25) is 0 Å². The number of aromatic nitrogens is 2. The third-order valence-electron chi connectivity index (χ3n) is 1.34. The van der Waals surface area contributed by atoms with Crippen LogP contribution in [0.1, 0.15) is 30.0 Å². The van der Waals surface area contributed by atoms with Gasteiger partial charge in [0.1, 0.15) is 12.3 Å². The summed E-state index contributed by atoms with van der Waals surface area (Å²) in [6, 6.07) is 0. The predicted octanol–water partition coefficient (Wildman–Crippen LogP) is 1.19. The molecule has 0 aliphatic carbocycles. The summed E-state index contributed by atoms with van der Waals surface area (Å²) in [5.41, 5.74) is -0.224. The Hall–Kier alpha value is -1.57. The number of halogens is 2. The highest BCUT2D eigenvalue weighted by atomic mass is 19.3. The minimum atomic E-state index is -2.93. The maximum atomic E-state index is 11.6. The van der Waals surface area contributed by atoms with Gasteiger partial charge in [-0.05, 0) is 5.16 Å². The van der Waals surface area contributed by atoms with Crippen molar-refractivity contribution in [3.8, 4) is 0 Å². The number of carbonyl (C=O) groups excluding carboxylic acids is 1. The van der Waals surface area contributed by atoms with Crippen LogP contribution in [0, 0.1) is 0 Å². The van der Waals surface area contributed by atoms with Gasteiger partial charge < -0.3 is 10.1 Å². The maximum absolute atomic E-state index is 11.6. The van der Waals surface area contributed by atoms with Crippen LogP contribution in [0.4, 0.5) is 8.78 Å². The Bertz CT molecular complexity index is 317. The van der Waals surface area contributed by atoms with Crippen LogP contribution in [0.25, 0.3) is 0 Å². The lowest BCUT2D eigenvalue weighted by atomic mass is 10.3. The van der Waals surface area contributed by atoms with Crippen molar-refractivity contribution in [2.75, 3.05) is 7.05 Å². The summed E-state index contributed by atoms with van der Waals surface area (Å²) in [6.45, 7) is 0.549. The van der Waals surface area contributed by atoms with Gasteiger partial charge in [-0.2, -0.15) is 8.78 Å². The molecule has 1 heterocycles. The fraction of sp³-hybridized carbons (Fsp3) is 0.625. The van der Waals surface area contributed by atoms with Crippen LogP contribution in [0.5, 0.6) is 0 Å². The molecule has 0 aliphatic heterocycles. The van der Waals surface area contributed by atoms with Crippen LogP contribution in [0.2, 0.25) is 0 Å². The molecular formula is C8H13F2N3O3. The average molecular weight is 237 g/mol. The Kier molecular flexibility index (Phi) is 6.93. The number of nitrogens with one attached hydrogen (secondary N) is 1. The standard InChI is InChI=1S/C6H7F2N3O3.C2H6/c1-9-5(12)4-3(10-14-11-4)2-13-6(7)8;1-2/h6H,2H2,1H3,(H,9,12);1-2H3. The van der Waals surface area contributed by atoms with Crippen LogP contribution in [0.3, 0.4) is 0 Å². The molecule has 0 aromatic carbocycles. The molecule has 0 radical (unpaired) electrons. The lowest BCUT2D eigenvalue weighted by Crippen LogP contribution is -2.20. The lowest BCUT2D eigenvalue weighted by molar-refractivity contribution is -0.138. The summed E-state index contributed by atoms with van der Waals surface area (Å²) in [5.74, 6) is -0.570. The third kappa shape index (κ3) is 4.30. The van der Waals surface area contributed by atoms with Gasteiger partial charge in [-0.25, -0.2) is 4.63 Å². The molecule has 0 saturated heterocycles. The Morgan fingerprint density at radius 2 is 2.12 bits per heavy atom. The largest absolute Gasteiger partial charge is 0.354 e. The molecule has 92 valence electrons. The Morgan fingerprint density at radius 3 is 2.62 bits per heavy atom. The molecule has 1 amide bonds. The number of nitrogens with zero attached hydrogens (tertiary/aromatic N) is 2. The Morgan fingerprint density at radius 1 is 1.50 bits per heavy atom. The number of ether oxygens (including phenoxy) is 1. The molecule has 6 nitrogen and oxygen atoms in total. The van der Waals surface area contributed by atoms with Crippen molar-refractivity contribution < 1.29 is 22.9 Å². The number of hydrogen-bond acceptors (Lipinski definition) is 5. The zero-order valence-corrected chi connectivity index (χ0v) is 9.16. The molecule has 1 N–H and O–H groups in total. The van der Waals surface area contributed by atoms with Crippen molar-refractivity contribution in [1.29, 1.82) is 0 Å². The fourth-order valence-electron chi connectivity index (χ4n) is 0.734. The average Bonchev–Trinajstić information content (AvgIpc) is 2.76. The smallest absolute Gasteiger partial charge is 0.345 e. The summed E-state index contributed by atoms with van der Waals surface area (Å²) >= 11 is 0. The summed E-state index contributed by atoms with van der Waals surface area (Å²) < 4.78 is 31.4. The Balaban J connectivity index is 0.00000106. The van der Waals surface area contributed by atoms with Gasteiger partial charge in [-0.3, -0.25) is 4.79 Å². The van der Waals surface area contributed by atoms with E-state index in [0.717, 1.165) is 0 Å². The number of hydrogen-bond donors (Lipinski definition) is 1. The molecule has 1 aromatic heterocycles. The van der Waals surface area contributed by atoms with E-state index in [2.05, 4.69) is 25.0 Å². The second-order valence-corrected chi connectivity index (χ2v) is 2.21. The molecule has 1 aromatic rings. The van der Waals surface area contributed by atoms with Gasteiger partial charge in [0.05, 0.1) is 0 Å². The first-order valence-corrected chi connectivity index (χ1v) is 4.58. The van der Waals surface area contributed by atoms with Crippen molar-refractivity contribution in [2.45, 2.75) is 27.1 Å². The Labute approximate surface area is 90.9 Å². The number of rotatable bonds is 4. The maximum Gasteiger partial charge on any atom is 0.345 e. The number of amides is 1. The number of carbonyl (C=O) groups is 1. The highest BCUT2D eigenvalue weighted by molar-refractivity contribution is 5.92. The SMILES string of the molecule is CC.CNC(=O)c1nonc1COC(F)F. The van der Waals surface area contributed by atoms with Crippen LogP contribution >= 0.6 is 0 Å². The highest BCUT2D eigenvalue weighted by Crippen LogP contribution is 2.07. The molecule has 0 unspecified atom stereocenters. The van der Waals surface area contributed by atoms with Gasteiger partial charge in [0.15, 0.2) is 5.69 Å². The molecule has 0 aliphatic rings. The van der Waals surface area contributed by atoms with Gasteiger partial charge in [-0.15, -0.1) is 0 Å². The summed E-state index contributed by atoms with van der Waals surface area (Å²) in [4.78, 5) is 11.0. The van der Waals surface area contributed by atoms with E-state index >= 15 is 0 Å². The minimum Gasteiger partial charge on any atom is -0.354 e. The van der Waals surface area contributed by atoms with Crippen molar-refractivity contribution in [3.05, 3.63) is 11.4 Å². The summed E-state index contributed by atoms with van der Waals surface area (Å²) in [7, 11) is 1.37. The van der Waals surface area contributed by atoms with E-state index in [1.54, 1.807) is 0 Å². The lowest BCUT2D eigenvalue weighted by Gasteiger charge is -1.99. The van der Waals surface area contributed by atoms with Crippen LogP contribution in [0.15, 0.2) is 4.63 Å². The second-order valence-electron chi connectivity index (χ2n) is 2.21. The molecular weight excluding hydrogens is 224 g/mol. The van der Waals surface area contributed by atoms with E-state index in [1.807, 2.05) is 13.8 Å². The van der Waals surface area contributed by atoms with E-state index in [9.17, 15) is 13.6 Å². The molecule has 0 spiro atoms. The molecule has 0 bridgehead atoms. The van der Waals surface area contributed by atoms with Crippen molar-refractivity contribution in [1.82, 2.24) is 15.6 Å². The van der Waals surface area contributed by atoms with Crippen LogP contribution < -0.4 is 5.32 Å². The fourth-order valence-corrected chi connectivity index (χ4v) is 0.734. The topological polar surface area (TPSA) is 77.3 Å². The molecule has 1 rings (SSSR count). The molecule has 0 atom stereocenters. The van der Waals surface area contributed by atoms with Crippen molar-refractivity contribution in [3.63, 3.8) is 0 Å². The predicted molar refractivity (Wildman–Crippen MR) is 49.8 cm³/mol. The van der Waals surface area contributed by atoms with E-state index in [-0.39, 0.29) is 11.4 Å². The van der Waals surface area contributed by atoms with Gasteiger partial charge >= 0.3 is 6.61 Å². The summed E-state index contributed by atoms with van der Waals surface area (Å²) in [5, 5.41) is 8.74. The van der Waals surface area contributed by atoms with Crippen LogP contribution in [-0.2, 0) is 11.3 Å². The van der Waals surface area contributed by atoms with Crippen molar-refractivity contribution >= 4 is 5.91 Å². The van der Waals surface area contributed by atoms with Gasteiger partial charge in [0.25, 0.3) is 5.91 Å². The van der Waals surface area contributed by atoms with E-state index in [4.69, 9.17) is 0 Å². The van der Waals surface area contributed by atoms with Gasteiger partial charge in [-0.1, -0.05) is 19.0 Å². The summed E-state index contributed by atoms with van der Waals surface area (Å²) in [6.07, 6.45) is 0. The van der Waals surface area contributed by atoms with E-state index in [0.29, 0.717) is 0 Å². The first kappa shape index (κ1) is 14.4. The van der Waals surface area contributed by atoms with E-state index in [1.165, 1.54) is 7.05 Å². The van der Waals surface area contributed by atoms with Crippen molar-refractivity contribution in [2.24, 2.45) is 0 Å². The van der Waals surface area contributed by atoms with Gasteiger partial charge in [0, 0.05) is 7.05 Å². The molecule has 0 fully saturated rings.